The van der Waals surface area contributed by atoms with E-state index < -0.39 is 11.7 Å². The van der Waals surface area contributed by atoms with Crippen molar-refractivity contribution < 1.29 is 13.9 Å². The highest BCUT2D eigenvalue weighted by Crippen LogP contribution is 2.16. The summed E-state index contributed by atoms with van der Waals surface area (Å²) in [5.74, 6) is -0.384. The Kier molecular flexibility index (Phi) is 5.39. The van der Waals surface area contributed by atoms with E-state index in [1.165, 1.54) is 12.1 Å². The molecule has 1 amide bonds. The van der Waals surface area contributed by atoms with Gasteiger partial charge in [0.1, 0.15) is 11.6 Å². The third-order valence-electron chi connectivity index (χ3n) is 2.90. The predicted octanol–water partition coefficient (Wildman–Crippen LogP) is 4.20. The second-order valence-electron chi connectivity index (χ2n) is 5.12. The molecule has 0 saturated carbocycles. The van der Waals surface area contributed by atoms with Gasteiger partial charge in [-0.05, 0) is 49.7 Å². The highest BCUT2D eigenvalue weighted by atomic mass is 35.5. The molecule has 0 atom stereocenters. The van der Waals surface area contributed by atoms with Crippen molar-refractivity contribution in [1.82, 2.24) is 5.32 Å². The van der Waals surface area contributed by atoms with Crippen molar-refractivity contribution in [3.63, 3.8) is 0 Å². The molecule has 2 rings (SSSR count). The largest absolute Gasteiger partial charge is 0.491 e. The molecular formula is C17H17ClFNO2. The Morgan fingerprint density at radius 2 is 2.05 bits per heavy atom. The zero-order chi connectivity index (χ0) is 16.1. The zero-order valence-corrected chi connectivity index (χ0v) is 13.2. The minimum Gasteiger partial charge on any atom is -0.491 e. The molecule has 0 aliphatic heterocycles. The molecule has 3 nitrogen and oxygen atoms in total. The first kappa shape index (κ1) is 16.3. The number of halogens is 2. The van der Waals surface area contributed by atoms with Gasteiger partial charge in [-0.15, -0.1) is 0 Å². The summed E-state index contributed by atoms with van der Waals surface area (Å²) in [5.41, 5.74) is 0.847. The smallest absolute Gasteiger partial charge is 0.254 e. The molecule has 0 unspecified atom stereocenters. The fourth-order valence-corrected chi connectivity index (χ4v) is 2.11. The first-order valence-corrected chi connectivity index (χ1v) is 7.32. The first-order chi connectivity index (χ1) is 10.5. The summed E-state index contributed by atoms with van der Waals surface area (Å²) in [6, 6.07) is 11.4. The van der Waals surface area contributed by atoms with Crippen LogP contribution in [0.25, 0.3) is 0 Å². The minimum absolute atomic E-state index is 0.0287. The lowest BCUT2D eigenvalue weighted by molar-refractivity contribution is 0.0946. The van der Waals surface area contributed by atoms with Gasteiger partial charge < -0.3 is 10.1 Å². The molecule has 0 bridgehead atoms. The predicted molar refractivity (Wildman–Crippen MR) is 84.8 cm³/mol. The number of hydrogen-bond acceptors (Lipinski definition) is 2. The van der Waals surface area contributed by atoms with Crippen molar-refractivity contribution in [3.8, 4) is 5.75 Å². The maximum atomic E-state index is 13.7. The van der Waals surface area contributed by atoms with Gasteiger partial charge in [-0.3, -0.25) is 4.79 Å². The van der Waals surface area contributed by atoms with Crippen LogP contribution in [0.2, 0.25) is 5.02 Å². The Bertz CT molecular complexity index is 673. The van der Waals surface area contributed by atoms with Crippen LogP contribution in [-0.4, -0.2) is 12.0 Å². The van der Waals surface area contributed by atoms with Crippen LogP contribution in [0.5, 0.6) is 5.75 Å². The molecule has 0 radical (unpaired) electrons. The van der Waals surface area contributed by atoms with Crippen LogP contribution in [0, 0.1) is 5.82 Å². The number of ether oxygens (including phenoxy) is 1. The highest BCUT2D eigenvalue weighted by Gasteiger charge is 2.11. The summed E-state index contributed by atoms with van der Waals surface area (Å²) in [6.45, 7) is 4.17. The molecule has 0 aliphatic rings. The number of rotatable bonds is 5. The summed E-state index contributed by atoms with van der Waals surface area (Å²) < 4.78 is 19.3. The average molecular weight is 322 g/mol. The lowest BCUT2D eigenvalue weighted by Crippen LogP contribution is -2.23. The van der Waals surface area contributed by atoms with E-state index in [-0.39, 0.29) is 23.2 Å². The summed E-state index contributed by atoms with van der Waals surface area (Å²) >= 11 is 5.67. The maximum absolute atomic E-state index is 13.7. The second kappa shape index (κ2) is 7.27. The van der Waals surface area contributed by atoms with E-state index in [1.807, 2.05) is 38.1 Å². The van der Waals surface area contributed by atoms with Crippen molar-refractivity contribution in [2.75, 3.05) is 0 Å². The normalized spacial score (nSPS) is 10.6. The topological polar surface area (TPSA) is 38.3 Å². The first-order valence-electron chi connectivity index (χ1n) is 6.94. The fraction of sp³-hybridized carbons (Fsp3) is 0.235. The van der Waals surface area contributed by atoms with Crippen molar-refractivity contribution in [3.05, 3.63) is 64.4 Å². The van der Waals surface area contributed by atoms with Crippen molar-refractivity contribution >= 4 is 17.5 Å². The van der Waals surface area contributed by atoms with Gasteiger partial charge in [0.05, 0.1) is 11.7 Å². The Hall–Kier alpha value is -2.07. The van der Waals surface area contributed by atoms with Gasteiger partial charge in [0.2, 0.25) is 0 Å². The summed E-state index contributed by atoms with van der Waals surface area (Å²) in [6.07, 6.45) is 0.0769. The van der Waals surface area contributed by atoms with Gasteiger partial charge in [-0.1, -0.05) is 23.7 Å². The Morgan fingerprint density at radius 1 is 1.27 bits per heavy atom. The zero-order valence-electron chi connectivity index (χ0n) is 12.4. The van der Waals surface area contributed by atoms with Crippen LogP contribution in [0.4, 0.5) is 4.39 Å². The molecular weight excluding hydrogens is 305 g/mol. The minimum atomic E-state index is -0.637. The number of amides is 1. The number of hydrogen-bond donors (Lipinski definition) is 1. The molecule has 2 aromatic rings. The Balaban J connectivity index is 2.02. The molecule has 2 aromatic carbocycles. The third kappa shape index (κ3) is 4.46. The van der Waals surface area contributed by atoms with Crippen LogP contribution in [0.15, 0.2) is 42.5 Å². The van der Waals surface area contributed by atoms with E-state index in [4.69, 9.17) is 16.3 Å². The number of nitrogens with one attached hydrogen (secondary N) is 1. The van der Waals surface area contributed by atoms with Crippen LogP contribution < -0.4 is 10.1 Å². The number of benzene rings is 2. The third-order valence-corrected chi connectivity index (χ3v) is 3.13. The van der Waals surface area contributed by atoms with Crippen LogP contribution in [0.3, 0.4) is 0 Å². The Labute approximate surface area is 134 Å². The van der Waals surface area contributed by atoms with E-state index in [0.717, 1.165) is 17.4 Å². The molecule has 116 valence electrons. The van der Waals surface area contributed by atoms with E-state index in [1.54, 1.807) is 0 Å². The molecule has 0 aromatic heterocycles. The van der Waals surface area contributed by atoms with Crippen molar-refractivity contribution in [2.45, 2.75) is 26.5 Å². The molecule has 5 heteroatoms. The second-order valence-corrected chi connectivity index (χ2v) is 5.56. The van der Waals surface area contributed by atoms with E-state index in [2.05, 4.69) is 5.32 Å². The molecule has 0 spiro atoms. The fourth-order valence-electron chi connectivity index (χ4n) is 1.95. The van der Waals surface area contributed by atoms with E-state index >= 15 is 0 Å². The van der Waals surface area contributed by atoms with Gasteiger partial charge in [0.25, 0.3) is 5.91 Å². The summed E-state index contributed by atoms with van der Waals surface area (Å²) in [7, 11) is 0. The lowest BCUT2D eigenvalue weighted by Gasteiger charge is -2.11. The quantitative estimate of drug-likeness (QED) is 0.896. The Morgan fingerprint density at radius 3 is 2.73 bits per heavy atom. The van der Waals surface area contributed by atoms with E-state index in [0.29, 0.717) is 0 Å². The lowest BCUT2D eigenvalue weighted by atomic mass is 10.1. The number of carbonyl (C=O) groups is 1. The molecule has 0 fully saturated rings. The molecule has 22 heavy (non-hydrogen) atoms. The van der Waals surface area contributed by atoms with Gasteiger partial charge in [-0.25, -0.2) is 4.39 Å². The maximum Gasteiger partial charge on any atom is 0.254 e. The molecule has 0 heterocycles. The van der Waals surface area contributed by atoms with Gasteiger partial charge >= 0.3 is 0 Å². The standard InChI is InChI=1S/C17H17ClFNO2/c1-11(2)22-14-5-3-4-12(8-14)10-20-17(21)15-7-6-13(18)9-16(15)19/h3-9,11H,10H2,1-2H3,(H,20,21). The summed E-state index contributed by atoms with van der Waals surface area (Å²) in [5, 5.41) is 2.94. The molecule has 1 N–H and O–H groups in total. The van der Waals surface area contributed by atoms with Crippen molar-refractivity contribution in [2.24, 2.45) is 0 Å². The monoisotopic (exact) mass is 321 g/mol. The summed E-state index contributed by atoms with van der Waals surface area (Å²) in [4.78, 5) is 12.0. The SMILES string of the molecule is CC(C)Oc1cccc(CNC(=O)c2ccc(Cl)cc2F)c1. The average Bonchev–Trinajstić information content (AvgIpc) is 2.44. The van der Waals surface area contributed by atoms with E-state index in [9.17, 15) is 9.18 Å². The van der Waals surface area contributed by atoms with Gasteiger partial charge in [0.15, 0.2) is 0 Å². The van der Waals surface area contributed by atoms with Gasteiger partial charge in [0, 0.05) is 11.6 Å². The van der Waals surface area contributed by atoms with Crippen LogP contribution in [0.1, 0.15) is 29.8 Å². The van der Waals surface area contributed by atoms with Crippen LogP contribution in [-0.2, 0) is 6.54 Å². The van der Waals surface area contributed by atoms with Crippen LogP contribution >= 0.6 is 11.6 Å². The van der Waals surface area contributed by atoms with Gasteiger partial charge in [-0.2, -0.15) is 0 Å². The molecule has 0 aliphatic carbocycles. The number of carbonyl (C=O) groups excluding carboxylic acids is 1. The van der Waals surface area contributed by atoms with Crippen molar-refractivity contribution in [1.29, 1.82) is 0 Å². The highest BCUT2D eigenvalue weighted by molar-refractivity contribution is 6.30. The molecule has 0 saturated heterocycles.